The Morgan fingerprint density at radius 2 is 2.10 bits per heavy atom. The SMILES string of the molecule is COc1cnn(C(C)C)c1C(O)c1cccc(Cl)c1F. The van der Waals surface area contributed by atoms with Crippen molar-refractivity contribution < 1.29 is 14.2 Å². The van der Waals surface area contributed by atoms with Gasteiger partial charge < -0.3 is 9.84 Å². The van der Waals surface area contributed by atoms with Gasteiger partial charge in [0.2, 0.25) is 0 Å². The van der Waals surface area contributed by atoms with Crippen LogP contribution in [0.1, 0.15) is 37.3 Å². The molecule has 0 fully saturated rings. The van der Waals surface area contributed by atoms with Gasteiger partial charge in [-0.05, 0) is 19.9 Å². The molecule has 6 heteroatoms. The number of halogens is 2. The van der Waals surface area contributed by atoms with Crippen LogP contribution in [0.2, 0.25) is 5.02 Å². The maximum Gasteiger partial charge on any atom is 0.163 e. The van der Waals surface area contributed by atoms with Gasteiger partial charge in [-0.1, -0.05) is 23.7 Å². The largest absolute Gasteiger partial charge is 0.493 e. The minimum absolute atomic E-state index is 0.00537. The van der Waals surface area contributed by atoms with E-state index in [1.165, 1.54) is 25.4 Å². The van der Waals surface area contributed by atoms with Crippen LogP contribution in [0, 0.1) is 5.82 Å². The summed E-state index contributed by atoms with van der Waals surface area (Å²) in [5, 5.41) is 14.6. The van der Waals surface area contributed by atoms with Crippen molar-refractivity contribution in [1.29, 1.82) is 0 Å². The van der Waals surface area contributed by atoms with E-state index in [0.29, 0.717) is 11.4 Å². The lowest BCUT2D eigenvalue weighted by atomic mass is 10.0. The third-order valence-corrected chi connectivity index (χ3v) is 3.33. The Hall–Kier alpha value is -1.59. The van der Waals surface area contributed by atoms with E-state index in [-0.39, 0.29) is 16.6 Å². The molecule has 0 saturated carbocycles. The first-order chi connectivity index (χ1) is 9.47. The molecule has 4 nitrogen and oxygen atoms in total. The molecule has 1 heterocycles. The van der Waals surface area contributed by atoms with E-state index in [4.69, 9.17) is 16.3 Å². The van der Waals surface area contributed by atoms with E-state index in [1.807, 2.05) is 13.8 Å². The van der Waals surface area contributed by atoms with Crippen molar-refractivity contribution in [3.63, 3.8) is 0 Å². The fraction of sp³-hybridized carbons (Fsp3) is 0.357. The van der Waals surface area contributed by atoms with Crippen LogP contribution in [-0.4, -0.2) is 22.0 Å². The predicted octanol–water partition coefficient (Wildman–Crippen LogP) is 3.35. The van der Waals surface area contributed by atoms with Crippen LogP contribution in [0.25, 0.3) is 0 Å². The molecular weight excluding hydrogens is 283 g/mol. The Morgan fingerprint density at radius 3 is 2.70 bits per heavy atom. The van der Waals surface area contributed by atoms with Gasteiger partial charge in [-0.2, -0.15) is 5.10 Å². The summed E-state index contributed by atoms with van der Waals surface area (Å²) in [5.41, 5.74) is 0.502. The molecular formula is C14H16ClFN2O2. The highest BCUT2D eigenvalue weighted by atomic mass is 35.5. The number of benzene rings is 1. The molecule has 1 aromatic heterocycles. The van der Waals surface area contributed by atoms with Gasteiger partial charge in [0.05, 0.1) is 18.3 Å². The van der Waals surface area contributed by atoms with Crippen molar-refractivity contribution in [3.8, 4) is 5.75 Å². The van der Waals surface area contributed by atoms with Crippen molar-refractivity contribution in [2.75, 3.05) is 7.11 Å². The number of aromatic nitrogens is 2. The second-order valence-corrected chi connectivity index (χ2v) is 5.09. The minimum Gasteiger partial charge on any atom is -0.493 e. The number of ether oxygens (including phenoxy) is 1. The summed E-state index contributed by atoms with van der Waals surface area (Å²) in [6.07, 6.45) is 0.301. The molecule has 1 N–H and O–H groups in total. The summed E-state index contributed by atoms with van der Waals surface area (Å²) in [4.78, 5) is 0. The molecule has 108 valence electrons. The van der Waals surface area contributed by atoms with Crippen LogP contribution >= 0.6 is 11.6 Å². The summed E-state index contributed by atoms with van der Waals surface area (Å²) in [5.74, 6) is -0.231. The topological polar surface area (TPSA) is 47.3 Å². The molecule has 0 aliphatic rings. The molecule has 0 spiro atoms. The third-order valence-electron chi connectivity index (χ3n) is 3.04. The smallest absolute Gasteiger partial charge is 0.163 e. The van der Waals surface area contributed by atoms with Crippen molar-refractivity contribution in [2.24, 2.45) is 0 Å². The van der Waals surface area contributed by atoms with Gasteiger partial charge in [0.1, 0.15) is 17.6 Å². The summed E-state index contributed by atoms with van der Waals surface area (Å²) in [7, 11) is 1.48. The number of methoxy groups -OCH3 is 1. The first kappa shape index (κ1) is 14.8. The molecule has 0 aliphatic heterocycles. The molecule has 0 aliphatic carbocycles. The molecule has 2 aromatic rings. The number of hydrogen-bond acceptors (Lipinski definition) is 3. The fourth-order valence-corrected chi connectivity index (χ4v) is 2.25. The maximum atomic E-state index is 14.1. The van der Waals surface area contributed by atoms with Crippen LogP contribution in [0.15, 0.2) is 24.4 Å². The third kappa shape index (κ3) is 2.51. The van der Waals surface area contributed by atoms with Gasteiger partial charge >= 0.3 is 0 Å². The zero-order valence-electron chi connectivity index (χ0n) is 11.5. The minimum atomic E-state index is -1.20. The summed E-state index contributed by atoms with van der Waals surface area (Å²) in [6, 6.07) is 4.52. The van der Waals surface area contributed by atoms with Crippen molar-refractivity contribution in [1.82, 2.24) is 9.78 Å². The molecule has 1 unspecified atom stereocenters. The number of hydrogen-bond donors (Lipinski definition) is 1. The standard InChI is InChI=1S/C14H16ClFN2O2/c1-8(2)18-13(11(20-3)7-17-18)14(19)9-5-4-6-10(15)12(9)16/h4-8,14,19H,1-3H3. The lowest BCUT2D eigenvalue weighted by molar-refractivity contribution is 0.195. The summed E-state index contributed by atoms with van der Waals surface area (Å²) < 4.78 is 20.8. The number of nitrogens with zero attached hydrogens (tertiary/aromatic N) is 2. The molecule has 20 heavy (non-hydrogen) atoms. The first-order valence-electron chi connectivity index (χ1n) is 6.20. The van der Waals surface area contributed by atoms with Crippen LogP contribution < -0.4 is 4.74 Å². The average Bonchev–Trinajstić information content (AvgIpc) is 2.85. The molecule has 1 aromatic carbocycles. The van der Waals surface area contributed by atoms with Gasteiger partial charge in [-0.15, -0.1) is 0 Å². The lowest BCUT2D eigenvalue weighted by Crippen LogP contribution is -2.14. The summed E-state index contributed by atoms with van der Waals surface area (Å²) >= 11 is 5.76. The zero-order chi connectivity index (χ0) is 14.9. The highest BCUT2D eigenvalue weighted by Gasteiger charge is 2.25. The van der Waals surface area contributed by atoms with Crippen LogP contribution in [0.3, 0.4) is 0 Å². The molecule has 0 amide bonds. The van der Waals surface area contributed by atoms with Gasteiger partial charge in [-0.3, -0.25) is 4.68 Å². The van der Waals surface area contributed by atoms with Gasteiger partial charge in [0.15, 0.2) is 5.75 Å². The quantitative estimate of drug-likeness (QED) is 0.941. The van der Waals surface area contributed by atoms with Crippen LogP contribution in [0.5, 0.6) is 5.75 Å². The van der Waals surface area contributed by atoms with Gasteiger partial charge in [-0.25, -0.2) is 4.39 Å². The highest BCUT2D eigenvalue weighted by molar-refractivity contribution is 6.30. The molecule has 0 radical (unpaired) electrons. The Bertz CT molecular complexity index is 613. The van der Waals surface area contributed by atoms with E-state index < -0.39 is 11.9 Å². The second kappa shape index (κ2) is 5.81. The molecule has 1 atom stereocenters. The Balaban J connectivity index is 2.55. The molecule has 2 rings (SSSR count). The molecule has 0 bridgehead atoms. The van der Waals surface area contributed by atoms with Crippen molar-refractivity contribution >= 4 is 11.6 Å². The monoisotopic (exact) mass is 298 g/mol. The van der Waals surface area contributed by atoms with Crippen molar-refractivity contribution in [2.45, 2.75) is 26.0 Å². The Labute approximate surface area is 121 Å². The number of rotatable bonds is 4. The maximum absolute atomic E-state index is 14.1. The highest BCUT2D eigenvalue weighted by Crippen LogP contribution is 2.34. The Morgan fingerprint density at radius 1 is 1.40 bits per heavy atom. The lowest BCUT2D eigenvalue weighted by Gasteiger charge is -2.18. The van der Waals surface area contributed by atoms with Gasteiger partial charge in [0, 0.05) is 11.6 Å². The number of aliphatic hydroxyl groups is 1. The van der Waals surface area contributed by atoms with Crippen molar-refractivity contribution in [3.05, 3.63) is 46.5 Å². The summed E-state index contributed by atoms with van der Waals surface area (Å²) in [6.45, 7) is 3.83. The Kier molecular flexibility index (Phi) is 4.30. The van der Waals surface area contributed by atoms with Crippen LogP contribution in [-0.2, 0) is 0 Å². The van der Waals surface area contributed by atoms with E-state index in [9.17, 15) is 9.50 Å². The van der Waals surface area contributed by atoms with E-state index >= 15 is 0 Å². The van der Waals surface area contributed by atoms with Gasteiger partial charge in [0.25, 0.3) is 0 Å². The second-order valence-electron chi connectivity index (χ2n) is 4.68. The van der Waals surface area contributed by atoms with Crippen LogP contribution in [0.4, 0.5) is 4.39 Å². The van der Waals surface area contributed by atoms with E-state index in [1.54, 1.807) is 10.7 Å². The number of aliphatic hydroxyl groups excluding tert-OH is 1. The first-order valence-corrected chi connectivity index (χ1v) is 6.58. The fourth-order valence-electron chi connectivity index (χ4n) is 2.06. The normalized spacial score (nSPS) is 12.8. The predicted molar refractivity (Wildman–Crippen MR) is 74.6 cm³/mol. The molecule has 0 saturated heterocycles. The average molecular weight is 299 g/mol. The van der Waals surface area contributed by atoms with E-state index in [0.717, 1.165) is 0 Å². The van der Waals surface area contributed by atoms with E-state index in [2.05, 4.69) is 5.10 Å². The zero-order valence-corrected chi connectivity index (χ0v) is 12.2.